The lowest BCUT2D eigenvalue weighted by molar-refractivity contribution is -0.865. The molecule has 0 spiro atoms. The molecule has 0 aromatic heterocycles. The predicted octanol–water partition coefficient (Wildman–Crippen LogP) is 2.34. The van der Waals surface area contributed by atoms with Crippen LogP contribution in [0.1, 0.15) is 37.7 Å². The van der Waals surface area contributed by atoms with E-state index in [1.54, 1.807) is 6.34 Å². The van der Waals surface area contributed by atoms with Gasteiger partial charge in [0.25, 0.3) is 5.84 Å². The number of benzene rings is 1. The molecule has 1 unspecified atom stereocenters. The molecular formula is C20H30N5O2+. The number of nitrogens with zero attached hydrogens (tertiary/aromatic N) is 4. The zero-order valence-corrected chi connectivity index (χ0v) is 16.1. The summed E-state index contributed by atoms with van der Waals surface area (Å²) in [5.41, 5.74) is 4.58. The fourth-order valence-electron chi connectivity index (χ4n) is 3.40. The van der Waals surface area contributed by atoms with Gasteiger partial charge in [-0.1, -0.05) is 23.3 Å². The van der Waals surface area contributed by atoms with Gasteiger partial charge in [0.1, 0.15) is 12.8 Å². The molecule has 0 bridgehead atoms. The molecule has 1 aromatic rings. The zero-order chi connectivity index (χ0) is 19.0. The van der Waals surface area contributed by atoms with E-state index in [9.17, 15) is 4.79 Å². The van der Waals surface area contributed by atoms with Crippen LogP contribution in [0.4, 0.5) is 0 Å². The van der Waals surface area contributed by atoms with Gasteiger partial charge in [-0.25, -0.2) is 0 Å². The standard InChI is InChI=1S/C20H30N5O2/c1-25(17-21-20(16-26)23-25)22-10-3-6-13-27-19-9-7-8-18(14-19)15-24-11-4-2-5-12-24/h7-9,14,16-17,22H,2-6,10-13,15H2,1H3/q+1. The first-order valence-electron chi connectivity index (χ1n) is 9.83. The molecule has 2 heterocycles. The monoisotopic (exact) mass is 372 g/mol. The van der Waals surface area contributed by atoms with Gasteiger partial charge in [0.05, 0.1) is 6.61 Å². The van der Waals surface area contributed by atoms with Gasteiger partial charge in [-0.15, -0.1) is 5.43 Å². The van der Waals surface area contributed by atoms with E-state index in [4.69, 9.17) is 4.74 Å². The van der Waals surface area contributed by atoms with Crippen molar-refractivity contribution >= 4 is 18.5 Å². The van der Waals surface area contributed by atoms with Gasteiger partial charge < -0.3 is 4.74 Å². The number of hydrogen-bond acceptors (Lipinski definition) is 6. The molecule has 3 rings (SSSR count). The second-order valence-corrected chi connectivity index (χ2v) is 7.29. The molecule has 1 N–H and O–H groups in total. The SMILES string of the molecule is C[N+]1(NCCCCOc2cccc(CN3CCCCC3)c2)C=NC(C=O)=N1. The van der Waals surface area contributed by atoms with E-state index in [0.717, 1.165) is 31.7 Å². The van der Waals surface area contributed by atoms with Crippen LogP contribution in [0.2, 0.25) is 0 Å². The van der Waals surface area contributed by atoms with Crippen LogP contribution in [-0.2, 0) is 11.3 Å². The lowest BCUT2D eigenvalue weighted by Gasteiger charge is -2.26. The highest BCUT2D eigenvalue weighted by molar-refractivity contribution is 6.29. The summed E-state index contributed by atoms with van der Waals surface area (Å²) in [4.78, 5) is 17.2. The molecule has 146 valence electrons. The minimum atomic E-state index is 0.119. The van der Waals surface area contributed by atoms with Crippen molar-refractivity contribution in [3.05, 3.63) is 29.8 Å². The minimum Gasteiger partial charge on any atom is -0.494 e. The number of amidine groups is 1. The number of likely N-dealkylation sites (tertiary alicyclic amines) is 1. The summed E-state index contributed by atoms with van der Waals surface area (Å²) in [6, 6.07) is 8.45. The molecule has 1 fully saturated rings. The molecule has 7 heteroatoms. The zero-order valence-electron chi connectivity index (χ0n) is 16.1. The van der Waals surface area contributed by atoms with Gasteiger partial charge >= 0.3 is 0 Å². The molecular weight excluding hydrogens is 342 g/mol. The van der Waals surface area contributed by atoms with Crippen molar-refractivity contribution in [2.75, 3.05) is 33.3 Å². The van der Waals surface area contributed by atoms with Gasteiger partial charge in [-0.05, 0) is 61.6 Å². The number of hydrogen-bond donors (Lipinski definition) is 1. The number of aldehydes is 1. The van der Waals surface area contributed by atoms with Crippen LogP contribution in [0.15, 0.2) is 34.4 Å². The molecule has 0 radical (unpaired) electrons. The van der Waals surface area contributed by atoms with E-state index >= 15 is 0 Å². The Bertz CT molecular complexity index is 685. The number of rotatable bonds is 10. The van der Waals surface area contributed by atoms with E-state index in [-0.39, 0.29) is 10.5 Å². The van der Waals surface area contributed by atoms with Crippen molar-refractivity contribution in [2.24, 2.45) is 10.1 Å². The Labute approximate surface area is 161 Å². The van der Waals surface area contributed by atoms with E-state index < -0.39 is 0 Å². The first kappa shape index (κ1) is 19.7. The van der Waals surface area contributed by atoms with Crippen LogP contribution in [0.25, 0.3) is 0 Å². The molecule has 0 saturated carbocycles. The molecule has 0 aliphatic carbocycles. The number of carbonyl (C=O) groups excluding carboxylic acids is 1. The highest BCUT2D eigenvalue weighted by Gasteiger charge is 2.25. The number of piperidine rings is 1. The Hall–Kier alpha value is -2.09. The third kappa shape index (κ3) is 6.23. The number of unbranched alkanes of at least 4 members (excludes halogenated alkanes) is 1. The predicted molar refractivity (Wildman–Crippen MR) is 106 cm³/mol. The fourth-order valence-corrected chi connectivity index (χ4v) is 3.40. The van der Waals surface area contributed by atoms with Gasteiger partial charge in [-0.2, -0.15) is 4.99 Å². The summed E-state index contributed by atoms with van der Waals surface area (Å²) in [6.07, 6.45) is 8.18. The molecule has 0 amide bonds. The average molecular weight is 372 g/mol. The maximum absolute atomic E-state index is 10.7. The van der Waals surface area contributed by atoms with Crippen molar-refractivity contribution < 1.29 is 14.2 Å². The van der Waals surface area contributed by atoms with Gasteiger partial charge in [0.15, 0.2) is 6.29 Å². The number of ether oxygens (including phenoxy) is 1. The Morgan fingerprint density at radius 3 is 2.89 bits per heavy atom. The van der Waals surface area contributed by atoms with Crippen molar-refractivity contribution in [1.29, 1.82) is 0 Å². The summed E-state index contributed by atoms with van der Waals surface area (Å²) in [5.74, 6) is 1.17. The normalized spacial score (nSPS) is 22.6. The van der Waals surface area contributed by atoms with E-state index in [0.29, 0.717) is 12.9 Å². The van der Waals surface area contributed by atoms with Crippen molar-refractivity contribution in [3.8, 4) is 5.75 Å². The van der Waals surface area contributed by atoms with Crippen LogP contribution in [0, 0.1) is 0 Å². The lowest BCUT2D eigenvalue weighted by Crippen LogP contribution is -2.48. The van der Waals surface area contributed by atoms with Gasteiger partial charge in [-0.3, -0.25) is 9.69 Å². The van der Waals surface area contributed by atoms with E-state index in [1.165, 1.54) is 37.9 Å². The second-order valence-electron chi connectivity index (χ2n) is 7.29. The third-order valence-corrected chi connectivity index (χ3v) is 4.86. The van der Waals surface area contributed by atoms with Crippen LogP contribution in [0.3, 0.4) is 0 Å². The topological polar surface area (TPSA) is 66.3 Å². The maximum Gasteiger partial charge on any atom is 0.255 e. The summed E-state index contributed by atoms with van der Waals surface area (Å²) >= 11 is 0. The first-order chi connectivity index (χ1) is 13.2. The molecule has 1 aromatic carbocycles. The van der Waals surface area contributed by atoms with Crippen LogP contribution < -0.4 is 10.2 Å². The highest BCUT2D eigenvalue weighted by atomic mass is 16.5. The molecule has 2 aliphatic rings. The highest BCUT2D eigenvalue weighted by Crippen LogP contribution is 2.18. The Morgan fingerprint density at radius 2 is 2.11 bits per heavy atom. The lowest BCUT2D eigenvalue weighted by atomic mass is 10.1. The van der Waals surface area contributed by atoms with Gasteiger partial charge in [0, 0.05) is 13.1 Å². The Kier molecular flexibility index (Phi) is 7.09. The van der Waals surface area contributed by atoms with E-state index in [1.807, 2.05) is 13.1 Å². The molecule has 1 atom stereocenters. The van der Waals surface area contributed by atoms with Crippen molar-refractivity contribution in [1.82, 2.24) is 10.3 Å². The third-order valence-electron chi connectivity index (χ3n) is 4.86. The molecule has 2 aliphatic heterocycles. The minimum absolute atomic E-state index is 0.119. The number of quaternary nitrogens is 1. The summed E-state index contributed by atoms with van der Waals surface area (Å²) < 4.78 is 6.03. The largest absolute Gasteiger partial charge is 0.494 e. The summed E-state index contributed by atoms with van der Waals surface area (Å²) in [5, 5.41) is 4.18. The number of nitrogens with one attached hydrogen (secondary N) is 1. The van der Waals surface area contributed by atoms with Crippen molar-refractivity contribution in [3.63, 3.8) is 0 Å². The second kappa shape index (κ2) is 9.73. The Balaban J connectivity index is 1.33. The number of aliphatic imine (C=N–C) groups is 1. The van der Waals surface area contributed by atoms with Gasteiger partial charge in [0.2, 0.25) is 6.34 Å². The summed E-state index contributed by atoms with van der Waals surface area (Å²) in [6.45, 7) is 4.89. The maximum atomic E-state index is 10.7. The molecule has 27 heavy (non-hydrogen) atoms. The van der Waals surface area contributed by atoms with Crippen LogP contribution in [-0.4, -0.2) is 61.4 Å². The first-order valence-corrected chi connectivity index (χ1v) is 9.83. The number of carbonyl (C=O) groups is 1. The van der Waals surface area contributed by atoms with E-state index in [2.05, 4.69) is 38.6 Å². The van der Waals surface area contributed by atoms with Crippen LogP contribution >= 0.6 is 0 Å². The summed E-state index contributed by atoms with van der Waals surface area (Å²) in [7, 11) is 1.85. The average Bonchev–Trinajstić information content (AvgIpc) is 3.07. The quantitative estimate of drug-likeness (QED) is 0.389. The molecule has 1 saturated heterocycles. The molecule has 7 nitrogen and oxygen atoms in total. The Morgan fingerprint density at radius 1 is 1.26 bits per heavy atom. The smallest absolute Gasteiger partial charge is 0.255 e. The van der Waals surface area contributed by atoms with Crippen LogP contribution in [0.5, 0.6) is 5.75 Å². The van der Waals surface area contributed by atoms with Crippen molar-refractivity contribution in [2.45, 2.75) is 38.6 Å². The fraction of sp³-hybridized carbons (Fsp3) is 0.550.